The second-order valence-corrected chi connectivity index (χ2v) is 7.41. The van der Waals surface area contributed by atoms with Crippen LogP contribution in [0, 0.1) is 10.1 Å². The quantitative estimate of drug-likeness (QED) is 0.430. The van der Waals surface area contributed by atoms with Crippen molar-refractivity contribution in [2.24, 2.45) is 0 Å². The van der Waals surface area contributed by atoms with Crippen molar-refractivity contribution in [1.29, 1.82) is 0 Å². The minimum atomic E-state index is -0.430. The Morgan fingerprint density at radius 1 is 1.26 bits per heavy atom. The summed E-state index contributed by atoms with van der Waals surface area (Å²) in [6.45, 7) is 1.56. The molecule has 0 spiro atoms. The van der Waals surface area contributed by atoms with Crippen molar-refractivity contribution < 1.29 is 9.45 Å². The average molecular weight is 429 g/mol. The van der Waals surface area contributed by atoms with Gasteiger partial charge in [-0.05, 0) is 49.2 Å². The van der Waals surface area contributed by atoms with E-state index in [2.05, 4.69) is 49.2 Å². The number of benzene rings is 2. The van der Waals surface area contributed by atoms with E-state index in [9.17, 15) is 10.1 Å². The van der Waals surface area contributed by atoms with Gasteiger partial charge in [0.2, 0.25) is 11.7 Å². The summed E-state index contributed by atoms with van der Waals surface area (Å²) >= 11 is 3.54. The summed E-state index contributed by atoms with van der Waals surface area (Å²) in [5, 5.41) is 14.8. The molecule has 0 N–H and O–H groups in total. The molecule has 138 valence electrons. The second kappa shape index (κ2) is 7.58. The minimum absolute atomic E-state index is 0.0383. The van der Waals surface area contributed by atoms with Gasteiger partial charge in [0.15, 0.2) is 0 Å². The predicted molar refractivity (Wildman–Crippen MR) is 103 cm³/mol. The van der Waals surface area contributed by atoms with E-state index in [1.165, 1.54) is 17.7 Å². The van der Waals surface area contributed by atoms with E-state index in [-0.39, 0.29) is 5.69 Å². The summed E-state index contributed by atoms with van der Waals surface area (Å²) in [7, 11) is 0. The highest BCUT2D eigenvalue weighted by molar-refractivity contribution is 9.10. The van der Waals surface area contributed by atoms with E-state index in [4.69, 9.17) is 4.52 Å². The van der Waals surface area contributed by atoms with E-state index in [1.54, 1.807) is 12.1 Å². The molecular weight excluding hydrogens is 412 g/mol. The van der Waals surface area contributed by atoms with Crippen molar-refractivity contribution in [3.8, 4) is 11.4 Å². The zero-order valence-corrected chi connectivity index (χ0v) is 16.0. The standard InChI is InChI=1S/C19H17BrN4O3/c20-15-4-1-3-14(11-15)17-5-2-10-23(17)12-18-21-19(22-27-18)13-6-8-16(9-7-13)24(25)26/h1,3-4,6-9,11,17H,2,5,10,12H2. The highest BCUT2D eigenvalue weighted by Crippen LogP contribution is 2.34. The minimum Gasteiger partial charge on any atom is -0.338 e. The van der Waals surface area contributed by atoms with E-state index < -0.39 is 4.92 Å². The summed E-state index contributed by atoms with van der Waals surface area (Å²) in [5.74, 6) is 0.989. The topological polar surface area (TPSA) is 85.3 Å². The lowest BCUT2D eigenvalue weighted by Gasteiger charge is -2.23. The van der Waals surface area contributed by atoms with Crippen LogP contribution in [0.1, 0.15) is 30.3 Å². The molecule has 1 fully saturated rings. The number of hydrogen-bond acceptors (Lipinski definition) is 6. The molecule has 1 aliphatic rings. The molecule has 27 heavy (non-hydrogen) atoms. The molecule has 4 rings (SSSR count). The Labute approximate surface area is 164 Å². The number of nitro groups is 1. The molecule has 1 aliphatic heterocycles. The molecule has 1 atom stereocenters. The molecule has 0 amide bonds. The fraction of sp³-hybridized carbons (Fsp3) is 0.263. The van der Waals surface area contributed by atoms with E-state index >= 15 is 0 Å². The number of hydrogen-bond donors (Lipinski definition) is 0. The maximum Gasteiger partial charge on any atom is 0.269 e. The highest BCUT2D eigenvalue weighted by atomic mass is 79.9. The third kappa shape index (κ3) is 3.91. The van der Waals surface area contributed by atoms with Gasteiger partial charge in [0, 0.05) is 28.2 Å². The van der Waals surface area contributed by atoms with Crippen molar-refractivity contribution in [3.05, 3.63) is 74.6 Å². The highest BCUT2D eigenvalue weighted by Gasteiger charge is 2.27. The SMILES string of the molecule is O=[N+]([O-])c1ccc(-c2noc(CN3CCCC3c3cccc(Br)c3)n2)cc1. The molecule has 2 aromatic carbocycles. The third-order valence-corrected chi connectivity index (χ3v) is 5.23. The molecule has 7 nitrogen and oxygen atoms in total. The Morgan fingerprint density at radius 2 is 2.07 bits per heavy atom. The first kappa shape index (κ1) is 17.8. The Bertz CT molecular complexity index is 958. The number of non-ortho nitro benzene ring substituents is 1. The van der Waals surface area contributed by atoms with Crippen LogP contribution >= 0.6 is 15.9 Å². The number of halogens is 1. The summed E-state index contributed by atoms with van der Waals surface area (Å²) in [5.41, 5.74) is 2.01. The van der Waals surface area contributed by atoms with Crippen molar-refractivity contribution in [2.75, 3.05) is 6.54 Å². The van der Waals surface area contributed by atoms with Crippen LogP contribution in [0.5, 0.6) is 0 Å². The molecule has 0 radical (unpaired) electrons. The molecular formula is C19H17BrN4O3. The van der Waals surface area contributed by atoms with Crippen LogP contribution in [-0.4, -0.2) is 26.5 Å². The van der Waals surface area contributed by atoms with Crippen LogP contribution in [0.25, 0.3) is 11.4 Å². The first-order chi connectivity index (χ1) is 13.1. The Hall–Kier alpha value is -2.58. The summed E-state index contributed by atoms with van der Waals surface area (Å²) < 4.78 is 6.49. The fourth-order valence-corrected chi connectivity index (χ4v) is 3.87. The predicted octanol–water partition coefficient (Wildman–Crippen LogP) is 4.74. The molecule has 2 heterocycles. The van der Waals surface area contributed by atoms with Crippen LogP contribution in [0.3, 0.4) is 0 Å². The van der Waals surface area contributed by atoms with Gasteiger partial charge in [-0.15, -0.1) is 0 Å². The van der Waals surface area contributed by atoms with Crippen LogP contribution in [-0.2, 0) is 6.54 Å². The maximum absolute atomic E-state index is 10.8. The van der Waals surface area contributed by atoms with Crippen LogP contribution in [0.15, 0.2) is 57.5 Å². The fourth-order valence-electron chi connectivity index (χ4n) is 3.45. The van der Waals surface area contributed by atoms with Gasteiger partial charge in [-0.1, -0.05) is 33.2 Å². The molecule has 8 heteroatoms. The zero-order chi connectivity index (χ0) is 18.8. The lowest BCUT2D eigenvalue weighted by molar-refractivity contribution is -0.384. The van der Waals surface area contributed by atoms with Crippen molar-refractivity contribution >= 4 is 21.6 Å². The number of nitro benzene ring substituents is 1. The van der Waals surface area contributed by atoms with Gasteiger partial charge in [0.05, 0.1) is 11.5 Å². The van der Waals surface area contributed by atoms with Crippen LogP contribution in [0.2, 0.25) is 0 Å². The lowest BCUT2D eigenvalue weighted by Crippen LogP contribution is -2.22. The summed E-state index contributed by atoms with van der Waals surface area (Å²) in [4.78, 5) is 17.1. The van der Waals surface area contributed by atoms with E-state index in [0.29, 0.717) is 29.9 Å². The van der Waals surface area contributed by atoms with Crippen molar-refractivity contribution in [1.82, 2.24) is 15.0 Å². The van der Waals surface area contributed by atoms with Crippen molar-refractivity contribution in [3.63, 3.8) is 0 Å². The lowest BCUT2D eigenvalue weighted by atomic mass is 10.0. The first-order valence-electron chi connectivity index (χ1n) is 8.67. The molecule has 3 aromatic rings. The van der Waals surface area contributed by atoms with Crippen molar-refractivity contribution in [2.45, 2.75) is 25.4 Å². The zero-order valence-electron chi connectivity index (χ0n) is 14.4. The van der Waals surface area contributed by atoms with Gasteiger partial charge in [0.1, 0.15) is 0 Å². The molecule has 1 aromatic heterocycles. The summed E-state index contributed by atoms with van der Waals surface area (Å²) in [6.07, 6.45) is 2.22. The van der Waals surface area contributed by atoms with Gasteiger partial charge in [-0.25, -0.2) is 0 Å². The van der Waals surface area contributed by atoms with Crippen LogP contribution in [0.4, 0.5) is 5.69 Å². The van der Waals surface area contributed by atoms with Gasteiger partial charge in [-0.2, -0.15) is 4.98 Å². The number of rotatable bonds is 5. The molecule has 1 unspecified atom stereocenters. The average Bonchev–Trinajstić information content (AvgIpc) is 3.32. The number of aromatic nitrogens is 2. The number of likely N-dealkylation sites (tertiary alicyclic amines) is 1. The van der Waals surface area contributed by atoms with E-state index in [0.717, 1.165) is 23.9 Å². The maximum atomic E-state index is 10.8. The Kier molecular flexibility index (Phi) is 5.00. The van der Waals surface area contributed by atoms with Gasteiger partial charge in [0.25, 0.3) is 5.69 Å². The summed E-state index contributed by atoms with van der Waals surface area (Å²) in [6, 6.07) is 14.8. The largest absolute Gasteiger partial charge is 0.338 e. The van der Waals surface area contributed by atoms with Gasteiger partial charge >= 0.3 is 0 Å². The van der Waals surface area contributed by atoms with Gasteiger partial charge < -0.3 is 4.52 Å². The molecule has 0 saturated carbocycles. The van der Waals surface area contributed by atoms with Gasteiger partial charge in [-0.3, -0.25) is 15.0 Å². The molecule has 1 saturated heterocycles. The Balaban J connectivity index is 1.49. The monoisotopic (exact) mass is 428 g/mol. The third-order valence-electron chi connectivity index (χ3n) is 4.74. The van der Waals surface area contributed by atoms with E-state index in [1.807, 2.05) is 6.07 Å². The molecule has 0 bridgehead atoms. The van der Waals surface area contributed by atoms with Crippen LogP contribution < -0.4 is 0 Å². The normalized spacial score (nSPS) is 17.3. The smallest absolute Gasteiger partial charge is 0.269 e. The number of nitrogens with zero attached hydrogens (tertiary/aromatic N) is 4. The first-order valence-corrected chi connectivity index (χ1v) is 9.46. The Morgan fingerprint density at radius 3 is 2.81 bits per heavy atom. The molecule has 0 aliphatic carbocycles. The second-order valence-electron chi connectivity index (χ2n) is 6.50.